The van der Waals surface area contributed by atoms with Crippen LogP contribution in [-0.4, -0.2) is 40.4 Å². The Morgan fingerprint density at radius 3 is 3.11 bits per heavy atom. The van der Waals surface area contributed by atoms with E-state index in [1.165, 1.54) is 11.5 Å². The lowest BCUT2D eigenvalue weighted by Crippen LogP contribution is -2.23. The van der Waals surface area contributed by atoms with Crippen LogP contribution in [0.1, 0.15) is 6.42 Å². The number of nitrogens with zero attached hydrogens (tertiary/aromatic N) is 3. The Bertz CT molecular complexity index is 553. The van der Waals surface area contributed by atoms with Crippen LogP contribution in [0.5, 0.6) is 0 Å². The van der Waals surface area contributed by atoms with E-state index in [0.717, 1.165) is 35.6 Å². The summed E-state index contributed by atoms with van der Waals surface area (Å²) in [6.07, 6.45) is 4.74. The number of nitrogens with two attached hydrogens (primary N) is 1. The molecule has 0 aliphatic carbocycles. The Labute approximate surface area is 116 Å². The van der Waals surface area contributed by atoms with Crippen molar-refractivity contribution in [2.24, 2.45) is 0 Å². The third-order valence-electron chi connectivity index (χ3n) is 3.40. The third kappa shape index (κ3) is 2.54. The largest absolute Gasteiger partial charge is 0.382 e. The van der Waals surface area contributed by atoms with Gasteiger partial charge in [-0.05, 0) is 37.6 Å². The number of rotatable bonds is 3. The Hall–Kier alpha value is -1.66. The average Bonchev–Trinajstić information content (AvgIpc) is 2.98. The van der Waals surface area contributed by atoms with Crippen molar-refractivity contribution >= 4 is 22.4 Å². The van der Waals surface area contributed by atoms with Crippen molar-refractivity contribution in [2.45, 2.75) is 12.5 Å². The van der Waals surface area contributed by atoms with Gasteiger partial charge in [-0.25, -0.2) is 0 Å². The van der Waals surface area contributed by atoms with Crippen molar-refractivity contribution in [1.29, 1.82) is 0 Å². The molecule has 0 aromatic carbocycles. The quantitative estimate of drug-likeness (QED) is 0.895. The van der Waals surface area contributed by atoms with Gasteiger partial charge in [-0.15, -0.1) is 0 Å². The summed E-state index contributed by atoms with van der Waals surface area (Å²) in [6, 6.07) is 4.40. The first-order valence-corrected chi connectivity index (χ1v) is 7.12. The van der Waals surface area contributed by atoms with E-state index in [0.29, 0.717) is 11.9 Å². The number of hydrogen-bond acceptors (Lipinski definition) is 6. The van der Waals surface area contributed by atoms with Crippen molar-refractivity contribution in [3.63, 3.8) is 0 Å². The third-order valence-corrected chi connectivity index (χ3v) is 4.19. The van der Waals surface area contributed by atoms with Crippen molar-refractivity contribution in [2.75, 3.05) is 31.2 Å². The number of nitrogens with one attached hydrogen (secondary N) is 1. The number of aromatic nitrogens is 2. The van der Waals surface area contributed by atoms with Crippen molar-refractivity contribution in [3.05, 3.63) is 24.5 Å². The molecule has 1 atom stereocenters. The second kappa shape index (κ2) is 5.14. The zero-order valence-corrected chi connectivity index (χ0v) is 11.7. The van der Waals surface area contributed by atoms with E-state index < -0.39 is 0 Å². The topological polar surface area (TPSA) is 67.1 Å². The van der Waals surface area contributed by atoms with Gasteiger partial charge in [0.15, 0.2) is 0 Å². The molecule has 5 nitrogen and oxygen atoms in total. The summed E-state index contributed by atoms with van der Waals surface area (Å²) >= 11 is 1.43. The first-order valence-electron chi connectivity index (χ1n) is 6.34. The van der Waals surface area contributed by atoms with Crippen molar-refractivity contribution in [3.8, 4) is 11.1 Å². The van der Waals surface area contributed by atoms with E-state index in [1.54, 1.807) is 6.20 Å². The summed E-state index contributed by atoms with van der Waals surface area (Å²) in [5.74, 6) is 0.576. The highest BCUT2D eigenvalue weighted by molar-refractivity contribution is 7.11. The zero-order valence-electron chi connectivity index (χ0n) is 10.8. The summed E-state index contributed by atoms with van der Waals surface area (Å²) in [7, 11) is 2.14. The molecule has 0 amide bonds. The summed E-state index contributed by atoms with van der Waals surface area (Å²) in [5, 5.41) is 4.61. The fourth-order valence-corrected chi connectivity index (χ4v) is 3.24. The van der Waals surface area contributed by atoms with E-state index >= 15 is 0 Å². The number of likely N-dealkylation sites (tertiary alicyclic amines) is 1. The lowest BCUT2D eigenvalue weighted by Gasteiger charge is -2.14. The number of likely N-dealkylation sites (N-methyl/N-ethyl adjacent to an activating group) is 1. The first-order chi connectivity index (χ1) is 9.24. The molecule has 1 fully saturated rings. The molecule has 3 rings (SSSR count). The molecule has 6 heteroatoms. The van der Waals surface area contributed by atoms with Gasteiger partial charge in [-0.2, -0.15) is 4.37 Å². The Balaban J connectivity index is 1.87. The molecule has 0 radical (unpaired) electrons. The minimum absolute atomic E-state index is 0.472. The SMILES string of the molecule is CN1CCC(Nc2snc(N)c2-c2cccnc2)C1. The maximum absolute atomic E-state index is 6.00. The van der Waals surface area contributed by atoms with Crippen LogP contribution in [0.15, 0.2) is 24.5 Å². The van der Waals surface area contributed by atoms with Crippen LogP contribution in [0.25, 0.3) is 11.1 Å². The highest BCUT2D eigenvalue weighted by Crippen LogP contribution is 2.37. The maximum Gasteiger partial charge on any atom is 0.147 e. The monoisotopic (exact) mass is 275 g/mol. The van der Waals surface area contributed by atoms with Crippen LogP contribution in [0, 0.1) is 0 Å². The molecule has 100 valence electrons. The van der Waals surface area contributed by atoms with Crippen LogP contribution in [0.2, 0.25) is 0 Å². The number of pyridine rings is 1. The molecular formula is C13H17N5S. The van der Waals surface area contributed by atoms with Crippen LogP contribution >= 0.6 is 11.5 Å². The molecule has 0 spiro atoms. The predicted molar refractivity (Wildman–Crippen MR) is 79.3 cm³/mol. The van der Waals surface area contributed by atoms with Gasteiger partial charge in [0.1, 0.15) is 10.8 Å². The van der Waals surface area contributed by atoms with Gasteiger partial charge in [0.25, 0.3) is 0 Å². The normalized spacial score (nSPS) is 19.7. The summed E-state index contributed by atoms with van der Waals surface area (Å²) in [5.41, 5.74) is 7.99. The lowest BCUT2D eigenvalue weighted by molar-refractivity contribution is 0.414. The maximum atomic E-state index is 6.00. The second-order valence-corrected chi connectivity index (χ2v) is 5.68. The molecule has 1 unspecified atom stereocenters. The van der Waals surface area contributed by atoms with Gasteiger partial charge in [-0.1, -0.05) is 6.07 Å². The Morgan fingerprint density at radius 1 is 1.53 bits per heavy atom. The molecule has 0 bridgehead atoms. The first kappa shape index (κ1) is 12.4. The van der Waals surface area contributed by atoms with Gasteiger partial charge in [-0.3, -0.25) is 4.98 Å². The average molecular weight is 275 g/mol. The molecular weight excluding hydrogens is 258 g/mol. The van der Waals surface area contributed by atoms with Gasteiger partial charge >= 0.3 is 0 Å². The highest BCUT2D eigenvalue weighted by atomic mass is 32.1. The highest BCUT2D eigenvalue weighted by Gasteiger charge is 2.22. The molecule has 0 saturated carbocycles. The van der Waals surface area contributed by atoms with Gasteiger partial charge in [0, 0.05) is 30.5 Å². The fraction of sp³-hybridized carbons (Fsp3) is 0.385. The Kier molecular flexibility index (Phi) is 3.35. The van der Waals surface area contributed by atoms with Crippen LogP contribution < -0.4 is 11.1 Å². The molecule has 3 heterocycles. The van der Waals surface area contributed by atoms with E-state index in [4.69, 9.17) is 5.73 Å². The van der Waals surface area contributed by atoms with Crippen LogP contribution in [0.4, 0.5) is 10.8 Å². The van der Waals surface area contributed by atoms with E-state index in [2.05, 4.69) is 26.6 Å². The Morgan fingerprint density at radius 2 is 2.42 bits per heavy atom. The van der Waals surface area contributed by atoms with Crippen LogP contribution in [-0.2, 0) is 0 Å². The van der Waals surface area contributed by atoms with E-state index in [1.807, 2.05) is 18.3 Å². The van der Waals surface area contributed by atoms with E-state index in [9.17, 15) is 0 Å². The molecule has 19 heavy (non-hydrogen) atoms. The molecule has 2 aromatic rings. The van der Waals surface area contributed by atoms with E-state index in [-0.39, 0.29) is 0 Å². The summed E-state index contributed by atoms with van der Waals surface area (Å²) < 4.78 is 4.27. The van der Waals surface area contributed by atoms with Crippen molar-refractivity contribution in [1.82, 2.24) is 14.3 Å². The number of anilines is 2. The zero-order chi connectivity index (χ0) is 13.2. The predicted octanol–water partition coefficient (Wildman–Crippen LogP) is 1.90. The standard InChI is InChI=1S/C13H17N5S/c1-18-6-4-10(8-18)16-13-11(12(14)17-19-13)9-3-2-5-15-7-9/h2-3,5,7,10,16H,4,6,8H2,1H3,(H2,14,17). The minimum atomic E-state index is 0.472. The number of hydrogen-bond donors (Lipinski definition) is 2. The smallest absolute Gasteiger partial charge is 0.147 e. The van der Waals surface area contributed by atoms with Gasteiger partial charge < -0.3 is 16.0 Å². The number of nitrogen functional groups attached to an aromatic ring is 1. The second-order valence-electron chi connectivity index (χ2n) is 4.91. The van der Waals surface area contributed by atoms with Crippen molar-refractivity contribution < 1.29 is 0 Å². The molecule has 1 aliphatic rings. The molecule has 1 saturated heterocycles. The molecule has 3 N–H and O–H groups in total. The van der Waals surface area contributed by atoms with Crippen LogP contribution in [0.3, 0.4) is 0 Å². The molecule has 2 aromatic heterocycles. The lowest BCUT2D eigenvalue weighted by atomic mass is 10.1. The minimum Gasteiger partial charge on any atom is -0.382 e. The summed E-state index contributed by atoms with van der Waals surface area (Å²) in [6.45, 7) is 2.19. The summed E-state index contributed by atoms with van der Waals surface area (Å²) in [4.78, 5) is 6.48. The fourth-order valence-electron chi connectivity index (χ4n) is 2.43. The van der Waals surface area contributed by atoms with Gasteiger partial charge in [0.2, 0.25) is 0 Å². The molecule has 1 aliphatic heterocycles. The van der Waals surface area contributed by atoms with Gasteiger partial charge in [0.05, 0.1) is 5.56 Å².